The molecule has 0 spiro atoms. The predicted octanol–water partition coefficient (Wildman–Crippen LogP) is 3.58. The molecule has 0 aromatic heterocycles. The summed E-state index contributed by atoms with van der Waals surface area (Å²) in [5.74, 6) is -0.314. The fourth-order valence-electron chi connectivity index (χ4n) is 3.34. The number of nitrogens with one attached hydrogen (secondary N) is 1. The Morgan fingerprint density at radius 3 is 2.39 bits per heavy atom. The van der Waals surface area contributed by atoms with Gasteiger partial charge in [0.25, 0.3) is 0 Å². The summed E-state index contributed by atoms with van der Waals surface area (Å²) in [5, 5.41) is 13.1. The number of benzene rings is 1. The Balaban J connectivity index is 2.11. The lowest BCUT2D eigenvalue weighted by Gasteiger charge is -2.47. The number of aryl methyl sites for hydroxylation is 1. The van der Waals surface area contributed by atoms with Crippen molar-refractivity contribution < 1.29 is 18.8 Å². The highest BCUT2D eigenvalue weighted by Crippen LogP contribution is 2.33. The lowest BCUT2D eigenvalue weighted by molar-refractivity contribution is -0.907. The van der Waals surface area contributed by atoms with Gasteiger partial charge in [0.05, 0.1) is 24.5 Å². The Morgan fingerprint density at radius 2 is 1.91 bits per heavy atom. The first-order chi connectivity index (χ1) is 10.6. The highest BCUT2D eigenvalue weighted by molar-refractivity contribution is 5.67. The van der Waals surface area contributed by atoms with Crippen LogP contribution in [0.15, 0.2) is 12.1 Å². The second kappa shape index (κ2) is 6.00. The summed E-state index contributed by atoms with van der Waals surface area (Å²) in [7, 11) is 0. The standard InChI is InChI=1S/C17H26FN3O2/c1-11-9-15(14(19)10-13(11)18)20-12-5-7-21(8-6-12,16(22)23)17(2,3)4/h9-10,12,20H,5-8,19H2,1-4H3/p+1. The molecule has 4 N–H and O–H groups in total. The largest absolute Gasteiger partial charge is 0.513 e. The summed E-state index contributed by atoms with van der Waals surface area (Å²) in [6, 6.07) is 3.19. The van der Waals surface area contributed by atoms with E-state index in [0.29, 0.717) is 24.3 Å². The van der Waals surface area contributed by atoms with Crippen LogP contribution in [-0.4, -0.2) is 40.4 Å². The molecule has 1 amide bonds. The van der Waals surface area contributed by atoms with Crippen LogP contribution in [0.2, 0.25) is 0 Å². The fraction of sp³-hybridized carbons (Fsp3) is 0.588. The zero-order valence-electron chi connectivity index (χ0n) is 14.3. The first-order valence-electron chi connectivity index (χ1n) is 7.99. The maximum absolute atomic E-state index is 13.5. The van der Waals surface area contributed by atoms with E-state index in [9.17, 15) is 14.3 Å². The number of rotatable bonds is 2. The van der Waals surface area contributed by atoms with Crippen LogP contribution >= 0.6 is 0 Å². The zero-order valence-corrected chi connectivity index (χ0v) is 14.3. The van der Waals surface area contributed by atoms with E-state index in [1.807, 2.05) is 20.8 Å². The molecule has 128 valence electrons. The van der Waals surface area contributed by atoms with Crippen LogP contribution in [0.4, 0.5) is 20.6 Å². The van der Waals surface area contributed by atoms with E-state index in [2.05, 4.69) is 5.32 Å². The minimum absolute atomic E-state index is 0.0725. The molecule has 1 fully saturated rings. The number of carbonyl (C=O) groups is 1. The topological polar surface area (TPSA) is 75.3 Å². The van der Waals surface area contributed by atoms with Gasteiger partial charge in [0, 0.05) is 18.9 Å². The first-order valence-corrected chi connectivity index (χ1v) is 7.99. The average Bonchev–Trinajstić information content (AvgIpc) is 2.44. The normalized spacial score (nSPS) is 25.2. The third-order valence-electron chi connectivity index (χ3n) is 5.06. The lowest BCUT2D eigenvalue weighted by Crippen LogP contribution is -2.67. The number of anilines is 2. The molecule has 1 aliphatic heterocycles. The van der Waals surface area contributed by atoms with Gasteiger partial charge in [-0.3, -0.25) is 0 Å². The van der Waals surface area contributed by atoms with Gasteiger partial charge in [-0.05, 0) is 45.4 Å². The average molecular weight is 324 g/mol. The number of nitrogen functional groups attached to an aromatic ring is 1. The van der Waals surface area contributed by atoms with E-state index in [1.54, 1.807) is 13.0 Å². The molecule has 1 aliphatic rings. The van der Waals surface area contributed by atoms with Gasteiger partial charge in [0.1, 0.15) is 11.4 Å². The number of likely N-dealkylation sites (tertiary alicyclic amines) is 1. The Kier molecular flexibility index (Phi) is 4.57. The highest BCUT2D eigenvalue weighted by atomic mass is 19.1. The van der Waals surface area contributed by atoms with Gasteiger partial charge in [-0.15, -0.1) is 0 Å². The molecule has 0 radical (unpaired) electrons. The number of hydrogen-bond acceptors (Lipinski definition) is 3. The Labute approximate surface area is 136 Å². The molecule has 0 atom stereocenters. The molecule has 1 aromatic rings. The van der Waals surface area contributed by atoms with E-state index in [-0.39, 0.29) is 21.9 Å². The van der Waals surface area contributed by atoms with Gasteiger partial charge >= 0.3 is 6.09 Å². The molecule has 1 aromatic carbocycles. The van der Waals surface area contributed by atoms with Crippen LogP contribution in [0.3, 0.4) is 0 Å². The number of amides is 1. The molecule has 0 saturated carbocycles. The number of nitrogens with two attached hydrogens (primary N) is 1. The van der Waals surface area contributed by atoms with Gasteiger partial charge in [-0.1, -0.05) is 0 Å². The maximum Gasteiger partial charge on any atom is 0.513 e. The number of nitrogens with zero attached hydrogens (tertiary/aromatic N) is 1. The van der Waals surface area contributed by atoms with Gasteiger partial charge in [0.15, 0.2) is 0 Å². The van der Waals surface area contributed by atoms with E-state index in [0.717, 1.165) is 18.5 Å². The van der Waals surface area contributed by atoms with Gasteiger partial charge in [0.2, 0.25) is 0 Å². The molecular formula is C17H27FN3O2+. The monoisotopic (exact) mass is 324 g/mol. The molecule has 6 heteroatoms. The Hall–Kier alpha value is -1.82. The van der Waals surface area contributed by atoms with E-state index >= 15 is 0 Å². The van der Waals surface area contributed by atoms with Crippen molar-refractivity contribution in [3.8, 4) is 0 Å². The van der Waals surface area contributed by atoms with Crippen LogP contribution in [0.1, 0.15) is 39.2 Å². The smallest absolute Gasteiger partial charge is 0.435 e. The van der Waals surface area contributed by atoms with Crippen LogP contribution in [-0.2, 0) is 0 Å². The zero-order chi connectivity index (χ0) is 17.4. The SMILES string of the molecule is Cc1cc(NC2CC[N+](C(=O)O)(C(C)(C)C)CC2)c(N)cc1F. The minimum Gasteiger partial charge on any atom is -0.435 e. The highest BCUT2D eigenvalue weighted by Gasteiger charge is 2.49. The van der Waals surface area contributed by atoms with Crippen LogP contribution in [0.5, 0.6) is 0 Å². The number of carboxylic acid groups (broad SMARTS) is 1. The summed E-state index contributed by atoms with van der Waals surface area (Å²) in [5.41, 5.74) is 7.18. The number of quaternary nitrogens is 1. The fourth-order valence-corrected chi connectivity index (χ4v) is 3.34. The van der Waals surface area contributed by atoms with Crippen molar-refractivity contribution >= 4 is 17.5 Å². The summed E-state index contributed by atoms with van der Waals surface area (Å²) in [6.07, 6.45) is 0.701. The molecule has 23 heavy (non-hydrogen) atoms. The maximum atomic E-state index is 13.5. The van der Waals surface area contributed by atoms with Crippen molar-refractivity contribution in [2.75, 3.05) is 24.1 Å². The molecule has 0 bridgehead atoms. The summed E-state index contributed by atoms with van der Waals surface area (Å²) in [4.78, 5) is 11.8. The molecule has 0 aliphatic carbocycles. The lowest BCUT2D eigenvalue weighted by atomic mass is 9.93. The summed E-state index contributed by atoms with van der Waals surface area (Å²) < 4.78 is 13.6. The second-order valence-electron chi connectivity index (χ2n) is 7.48. The molecule has 1 saturated heterocycles. The predicted molar refractivity (Wildman–Crippen MR) is 90.0 cm³/mol. The number of hydrogen-bond donors (Lipinski definition) is 3. The summed E-state index contributed by atoms with van der Waals surface area (Å²) in [6.45, 7) is 8.74. The Morgan fingerprint density at radius 1 is 1.35 bits per heavy atom. The molecule has 0 unspecified atom stereocenters. The van der Waals surface area contributed by atoms with Crippen molar-refractivity contribution in [1.82, 2.24) is 0 Å². The van der Waals surface area contributed by atoms with Crippen molar-refractivity contribution in [2.24, 2.45) is 0 Å². The van der Waals surface area contributed by atoms with Crippen molar-refractivity contribution in [1.29, 1.82) is 0 Å². The summed E-state index contributed by atoms with van der Waals surface area (Å²) >= 11 is 0. The van der Waals surface area contributed by atoms with Gasteiger partial charge in [-0.2, -0.15) is 4.79 Å². The van der Waals surface area contributed by atoms with Crippen molar-refractivity contribution in [3.05, 3.63) is 23.5 Å². The van der Waals surface area contributed by atoms with E-state index in [4.69, 9.17) is 5.73 Å². The molecular weight excluding hydrogens is 297 g/mol. The third-order valence-corrected chi connectivity index (χ3v) is 5.06. The van der Waals surface area contributed by atoms with Crippen molar-refractivity contribution in [3.63, 3.8) is 0 Å². The van der Waals surface area contributed by atoms with Crippen molar-refractivity contribution in [2.45, 2.75) is 52.1 Å². The van der Waals surface area contributed by atoms with Crippen LogP contribution in [0.25, 0.3) is 0 Å². The third kappa shape index (κ3) is 3.27. The molecule has 1 heterocycles. The first kappa shape index (κ1) is 17.5. The van der Waals surface area contributed by atoms with Crippen LogP contribution in [0, 0.1) is 12.7 Å². The second-order valence-corrected chi connectivity index (χ2v) is 7.48. The van der Waals surface area contributed by atoms with Gasteiger partial charge < -0.3 is 16.2 Å². The molecule has 5 nitrogen and oxygen atoms in total. The molecule has 2 rings (SSSR count). The van der Waals surface area contributed by atoms with E-state index in [1.165, 1.54) is 6.07 Å². The van der Waals surface area contributed by atoms with Crippen LogP contribution < -0.4 is 11.1 Å². The number of piperidine rings is 1. The Bertz CT molecular complexity index is 603. The van der Waals surface area contributed by atoms with Gasteiger partial charge in [-0.25, -0.2) is 8.87 Å². The van der Waals surface area contributed by atoms with E-state index < -0.39 is 6.09 Å². The quantitative estimate of drug-likeness (QED) is 0.574. The number of halogens is 1. The minimum atomic E-state index is -0.770.